The van der Waals surface area contributed by atoms with Gasteiger partial charge in [-0.05, 0) is 87.2 Å². The van der Waals surface area contributed by atoms with Crippen LogP contribution in [0.4, 0.5) is 5.69 Å². The molecule has 1 aliphatic rings. The fraction of sp³-hybridized carbons (Fsp3) is 0.269. The van der Waals surface area contributed by atoms with Crippen LogP contribution in [0.2, 0.25) is 0 Å². The molecule has 0 fully saturated rings. The molecule has 7 nitrogen and oxygen atoms in total. The Balaban J connectivity index is 1.93. The number of carbonyl (C=O) groups excluding carboxylic acids is 1. The maximum absolute atomic E-state index is 13.8. The summed E-state index contributed by atoms with van der Waals surface area (Å²) in [6.45, 7) is 3.74. The molecule has 3 aromatic rings. The van der Waals surface area contributed by atoms with Crippen LogP contribution in [0.5, 0.6) is 5.75 Å². The number of thiazole rings is 1. The first-order valence-corrected chi connectivity index (χ1v) is 13.6. The summed E-state index contributed by atoms with van der Waals surface area (Å²) in [6, 6.07) is 10.8. The summed E-state index contributed by atoms with van der Waals surface area (Å²) in [6.07, 6.45) is 1.85. The number of halogens is 2. The summed E-state index contributed by atoms with van der Waals surface area (Å²) in [5.41, 5.74) is 3.29. The lowest BCUT2D eigenvalue weighted by atomic mass is 9.96. The van der Waals surface area contributed by atoms with Crippen molar-refractivity contribution in [3.63, 3.8) is 0 Å². The molecule has 0 bridgehead atoms. The third kappa shape index (κ3) is 4.94. The Morgan fingerprint density at radius 3 is 2.56 bits per heavy atom. The number of aromatic nitrogens is 1. The van der Waals surface area contributed by atoms with Gasteiger partial charge in [-0.15, -0.1) is 0 Å². The zero-order valence-electron chi connectivity index (χ0n) is 20.5. The molecule has 0 saturated heterocycles. The Kier molecular flexibility index (Phi) is 7.87. The lowest BCUT2D eigenvalue weighted by Gasteiger charge is -2.25. The van der Waals surface area contributed by atoms with Gasteiger partial charge in [0.2, 0.25) is 0 Å². The first-order valence-electron chi connectivity index (χ1n) is 11.2. The second-order valence-corrected chi connectivity index (χ2v) is 11.0. The van der Waals surface area contributed by atoms with E-state index in [9.17, 15) is 9.59 Å². The average molecular weight is 635 g/mol. The zero-order valence-corrected chi connectivity index (χ0v) is 24.5. The zero-order chi connectivity index (χ0) is 26.1. The molecule has 1 unspecified atom stereocenters. The van der Waals surface area contributed by atoms with Crippen LogP contribution in [0, 0.1) is 0 Å². The van der Waals surface area contributed by atoms with Crippen molar-refractivity contribution in [2.75, 3.05) is 32.7 Å². The molecule has 2 aromatic carbocycles. The standard InChI is InChI=1S/C26H25Br2N3O4S/c1-6-35-25(33)22-14(2)29-26-31(23(22)16-8-10-20(34-5)18(28)13-16)24(32)21(36-26)12-15-7-9-19(30(3)4)17(27)11-15/h7-13,23H,6H2,1-5H3/b21-12+. The van der Waals surface area contributed by atoms with Crippen molar-refractivity contribution in [1.82, 2.24) is 4.57 Å². The Bertz CT molecular complexity index is 1560. The van der Waals surface area contributed by atoms with E-state index in [1.165, 1.54) is 11.3 Å². The van der Waals surface area contributed by atoms with Gasteiger partial charge in [0, 0.05) is 18.6 Å². The number of allylic oxidation sites excluding steroid dienone is 1. The summed E-state index contributed by atoms with van der Waals surface area (Å²) in [5, 5.41) is 0. The van der Waals surface area contributed by atoms with Crippen LogP contribution in [0.1, 0.15) is 31.0 Å². The molecule has 1 atom stereocenters. The third-order valence-electron chi connectivity index (χ3n) is 5.76. The number of hydrogen-bond donors (Lipinski definition) is 0. The highest BCUT2D eigenvalue weighted by atomic mass is 79.9. The monoisotopic (exact) mass is 633 g/mol. The highest BCUT2D eigenvalue weighted by Crippen LogP contribution is 2.35. The van der Waals surface area contributed by atoms with E-state index in [0.717, 1.165) is 21.3 Å². The fourth-order valence-corrected chi connectivity index (χ4v) is 6.44. The number of nitrogens with zero attached hydrogens (tertiary/aromatic N) is 3. The van der Waals surface area contributed by atoms with Crippen LogP contribution >= 0.6 is 43.2 Å². The number of ether oxygens (including phenoxy) is 2. The van der Waals surface area contributed by atoms with Gasteiger partial charge in [0.15, 0.2) is 4.80 Å². The van der Waals surface area contributed by atoms with E-state index in [2.05, 4.69) is 36.9 Å². The largest absolute Gasteiger partial charge is 0.496 e. The number of fused-ring (bicyclic) bond motifs is 1. The average Bonchev–Trinajstić information content (AvgIpc) is 3.12. The lowest BCUT2D eigenvalue weighted by molar-refractivity contribution is -0.139. The van der Waals surface area contributed by atoms with E-state index >= 15 is 0 Å². The van der Waals surface area contributed by atoms with Crippen LogP contribution in [0.25, 0.3) is 6.08 Å². The highest BCUT2D eigenvalue weighted by Gasteiger charge is 2.33. The summed E-state index contributed by atoms with van der Waals surface area (Å²) in [4.78, 5) is 34.0. The van der Waals surface area contributed by atoms with Crippen molar-refractivity contribution in [3.05, 3.63) is 87.4 Å². The normalized spacial score (nSPS) is 15.4. The van der Waals surface area contributed by atoms with Gasteiger partial charge in [0.25, 0.3) is 5.56 Å². The Labute approximate surface area is 229 Å². The maximum Gasteiger partial charge on any atom is 0.338 e. The summed E-state index contributed by atoms with van der Waals surface area (Å²) in [5.74, 6) is 0.157. The van der Waals surface area contributed by atoms with Gasteiger partial charge >= 0.3 is 5.97 Å². The van der Waals surface area contributed by atoms with Crippen LogP contribution in [-0.2, 0) is 9.53 Å². The fourth-order valence-electron chi connectivity index (χ4n) is 4.09. The molecule has 188 valence electrons. The minimum atomic E-state index is -0.687. The van der Waals surface area contributed by atoms with Crippen molar-refractivity contribution in [1.29, 1.82) is 0 Å². The first kappa shape index (κ1) is 26.4. The van der Waals surface area contributed by atoms with Crippen molar-refractivity contribution < 1.29 is 14.3 Å². The molecule has 0 amide bonds. The van der Waals surface area contributed by atoms with Gasteiger partial charge in [-0.2, -0.15) is 0 Å². The second kappa shape index (κ2) is 10.7. The lowest BCUT2D eigenvalue weighted by Crippen LogP contribution is -2.40. The number of carbonyl (C=O) groups is 1. The van der Waals surface area contributed by atoms with E-state index in [-0.39, 0.29) is 12.2 Å². The molecule has 4 rings (SSSR count). The molecule has 0 aliphatic carbocycles. The molecule has 0 radical (unpaired) electrons. The molecule has 10 heteroatoms. The summed E-state index contributed by atoms with van der Waals surface area (Å²) in [7, 11) is 5.53. The van der Waals surface area contributed by atoms with Crippen LogP contribution in [-0.4, -0.2) is 38.3 Å². The number of rotatable bonds is 6. The molecule has 1 aliphatic heterocycles. The molecule has 36 heavy (non-hydrogen) atoms. The quantitative estimate of drug-likeness (QED) is 0.376. The maximum atomic E-state index is 13.8. The Morgan fingerprint density at radius 1 is 1.19 bits per heavy atom. The minimum absolute atomic E-state index is 0.219. The van der Waals surface area contributed by atoms with E-state index < -0.39 is 12.0 Å². The third-order valence-corrected chi connectivity index (χ3v) is 8.00. The van der Waals surface area contributed by atoms with Crippen molar-refractivity contribution in [3.8, 4) is 5.75 Å². The summed E-state index contributed by atoms with van der Waals surface area (Å²) < 4.78 is 14.5. The van der Waals surface area contributed by atoms with Gasteiger partial charge < -0.3 is 14.4 Å². The SMILES string of the molecule is CCOC(=O)C1=C(C)N=c2s/c(=C/c3ccc(N(C)C)c(Br)c3)c(=O)n2C1c1ccc(OC)c(Br)c1. The van der Waals surface area contributed by atoms with Gasteiger partial charge in [0.1, 0.15) is 5.75 Å². The number of esters is 1. The Morgan fingerprint density at radius 2 is 1.94 bits per heavy atom. The van der Waals surface area contributed by atoms with Crippen LogP contribution in [0.15, 0.2) is 66.4 Å². The van der Waals surface area contributed by atoms with Gasteiger partial charge in [-0.3, -0.25) is 9.36 Å². The molecule has 2 heterocycles. The number of hydrogen-bond acceptors (Lipinski definition) is 7. The predicted octanol–water partition coefficient (Wildman–Crippen LogP) is 4.40. The Hall–Kier alpha value is -2.69. The summed E-state index contributed by atoms with van der Waals surface area (Å²) >= 11 is 8.43. The van der Waals surface area contributed by atoms with Crippen molar-refractivity contribution in [2.24, 2.45) is 4.99 Å². The number of benzene rings is 2. The van der Waals surface area contributed by atoms with E-state index in [1.807, 2.05) is 55.4 Å². The van der Waals surface area contributed by atoms with Gasteiger partial charge in [-0.1, -0.05) is 23.5 Å². The van der Waals surface area contributed by atoms with Gasteiger partial charge in [0.05, 0.1) is 45.7 Å². The van der Waals surface area contributed by atoms with E-state index in [4.69, 9.17) is 9.47 Å². The number of anilines is 1. The molecular formula is C26H25Br2N3O4S. The molecule has 0 saturated carbocycles. The van der Waals surface area contributed by atoms with Gasteiger partial charge in [-0.25, -0.2) is 9.79 Å². The molecular weight excluding hydrogens is 610 g/mol. The smallest absolute Gasteiger partial charge is 0.338 e. The molecule has 0 N–H and O–H groups in total. The first-order chi connectivity index (χ1) is 17.2. The van der Waals surface area contributed by atoms with Crippen LogP contribution in [0.3, 0.4) is 0 Å². The highest BCUT2D eigenvalue weighted by molar-refractivity contribution is 9.11. The second-order valence-electron chi connectivity index (χ2n) is 8.30. The molecule has 0 spiro atoms. The van der Waals surface area contributed by atoms with E-state index in [0.29, 0.717) is 30.8 Å². The topological polar surface area (TPSA) is 73.1 Å². The number of methoxy groups -OCH3 is 1. The molecule has 1 aromatic heterocycles. The van der Waals surface area contributed by atoms with Crippen LogP contribution < -0.4 is 24.5 Å². The van der Waals surface area contributed by atoms with E-state index in [1.54, 1.807) is 31.6 Å². The van der Waals surface area contributed by atoms with Crippen molar-refractivity contribution >= 4 is 60.9 Å². The predicted molar refractivity (Wildman–Crippen MR) is 150 cm³/mol. The minimum Gasteiger partial charge on any atom is -0.496 e. The van der Waals surface area contributed by atoms with Crippen molar-refractivity contribution in [2.45, 2.75) is 19.9 Å².